The van der Waals surface area contributed by atoms with Crippen molar-refractivity contribution in [1.82, 2.24) is 0 Å². The van der Waals surface area contributed by atoms with E-state index in [0.717, 1.165) is 18.4 Å². The first-order chi connectivity index (χ1) is 9.71. The van der Waals surface area contributed by atoms with E-state index in [0.29, 0.717) is 19.6 Å². The van der Waals surface area contributed by atoms with Crippen LogP contribution in [0.25, 0.3) is 0 Å². The number of carbonyl (C=O) groups excluding carboxylic acids is 1. The highest BCUT2D eigenvalue weighted by Gasteiger charge is 2.39. The first kappa shape index (κ1) is 16.7. The molecule has 0 spiro atoms. The summed E-state index contributed by atoms with van der Waals surface area (Å²) in [5.41, 5.74) is 6.14. The van der Waals surface area contributed by atoms with Crippen LogP contribution in [0.3, 0.4) is 0 Å². The van der Waals surface area contributed by atoms with E-state index in [4.69, 9.17) is 15.2 Å². The van der Waals surface area contributed by atoms with Crippen molar-refractivity contribution in [3.8, 4) is 0 Å². The topological polar surface area (TPSA) is 61.5 Å². The van der Waals surface area contributed by atoms with E-state index in [-0.39, 0.29) is 12.5 Å². The summed E-state index contributed by atoms with van der Waals surface area (Å²) in [5.74, 6) is -0.230. The molecule has 0 amide bonds. The average Bonchev–Trinajstić information content (AvgIpc) is 2.49. The summed E-state index contributed by atoms with van der Waals surface area (Å²) in [4.78, 5) is 12.4. The van der Waals surface area contributed by atoms with Gasteiger partial charge >= 0.3 is 5.97 Å². The lowest BCUT2D eigenvalue weighted by molar-refractivity contribution is -0.150. The van der Waals surface area contributed by atoms with E-state index in [9.17, 15) is 4.79 Å². The fraction of sp³-hybridized carbons (Fsp3) is 0.562. The third-order valence-corrected chi connectivity index (χ3v) is 3.54. The number of methoxy groups -OCH3 is 1. The highest BCUT2D eigenvalue weighted by Crippen LogP contribution is 2.30. The average molecular weight is 279 g/mol. The highest BCUT2D eigenvalue weighted by molar-refractivity contribution is 5.83. The van der Waals surface area contributed by atoms with Gasteiger partial charge in [0.2, 0.25) is 0 Å². The second-order valence-electron chi connectivity index (χ2n) is 4.82. The van der Waals surface area contributed by atoms with Gasteiger partial charge in [0.05, 0.1) is 6.61 Å². The highest BCUT2D eigenvalue weighted by atomic mass is 16.5. The van der Waals surface area contributed by atoms with Crippen LogP contribution in [-0.4, -0.2) is 32.8 Å². The van der Waals surface area contributed by atoms with Gasteiger partial charge in [0.15, 0.2) is 0 Å². The summed E-state index contributed by atoms with van der Waals surface area (Å²) in [7, 11) is 1.68. The summed E-state index contributed by atoms with van der Waals surface area (Å²) < 4.78 is 10.3. The molecule has 0 radical (unpaired) electrons. The molecule has 1 atom stereocenters. The van der Waals surface area contributed by atoms with Gasteiger partial charge in [-0.3, -0.25) is 4.79 Å². The summed E-state index contributed by atoms with van der Waals surface area (Å²) in [6.45, 7) is 3.13. The van der Waals surface area contributed by atoms with Crippen molar-refractivity contribution in [2.24, 2.45) is 5.73 Å². The van der Waals surface area contributed by atoms with Gasteiger partial charge in [-0.05, 0) is 31.7 Å². The number of hydrogen-bond donors (Lipinski definition) is 1. The molecule has 1 aromatic carbocycles. The Hall–Kier alpha value is -1.39. The van der Waals surface area contributed by atoms with E-state index >= 15 is 0 Å². The molecule has 2 N–H and O–H groups in total. The molecule has 1 unspecified atom stereocenters. The summed E-state index contributed by atoms with van der Waals surface area (Å²) >= 11 is 0. The Morgan fingerprint density at radius 1 is 1.25 bits per heavy atom. The standard InChI is InChI=1S/C16H25NO3/c1-3-20-15(18)16(13-17,11-7-8-12-19-2)14-9-5-4-6-10-14/h4-6,9-10H,3,7-8,11-13,17H2,1-2H3. The van der Waals surface area contributed by atoms with Gasteiger partial charge in [0.1, 0.15) is 5.41 Å². The third kappa shape index (κ3) is 4.05. The molecule has 0 aliphatic rings. The number of unbranched alkanes of at least 4 members (excludes halogenated alkanes) is 1. The quantitative estimate of drug-likeness (QED) is 0.556. The number of benzene rings is 1. The molecule has 4 nitrogen and oxygen atoms in total. The third-order valence-electron chi connectivity index (χ3n) is 3.54. The zero-order chi connectivity index (χ0) is 14.8. The van der Waals surface area contributed by atoms with Crippen LogP contribution < -0.4 is 5.73 Å². The minimum Gasteiger partial charge on any atom is -0.465 e. The van der Waals surface area contributed by atoms with Crippen molar-refractivity contribution >= 4 is 5.97 Å². The molecule has 0 saturated heterocycles. The first-order valence-corrected chi connectivity index (χ1v) is 7.13. The molecule has 0 saturated carbocycles. The van der Waals surface area contributed by atoms with Crippen LogP contribution in [0.1, 0.15) is 31.7 Å². The van der Waals surface area contributed by atoms with Crippen LogP contribution in [0.2, 0.25) is 0 Å². The Balaban J connectivity index is 2.94. The Bertz CT molecular complexity index is 394. The second kappa shape index (κ2) is 8.72. The van der Waals surface area contributed by atoms with Gasteiger partial charge in [0.25, 0.3) is 0 Å². The van der Waals surface area contributed by atoms with Crippen LogP contribution >= 0.6 is 0 Å². The number of nitrogens with two attached hydrogens (primary N) is 1. The molecule has 0 fully saturated rings. The number of hydrogen-bond acceptors (Lipinski definition) is 4. The fourth-order valence-corrected chi connectivity index (χ4v) is 2.37. The van der Waals surface area contributed by atoms with E-state index < -0.39 is 5.41 Å². The largest absolute Gasteiger partial charge is 0.465 e. The van der Waals surface area contributed by atoms with Crippen LogP contribution in [0.15, 0.2) is 30.3 Å². The lowest BCUT2D eigenvalue weighted by Crippen LogP contribution is -2.44. The molecule has 0 heterocycles. The predicted molar refractivity (Wildman–Crippen MR) is 79.5 cm³/mol. The minimum atomic E-state index is -0.745. The summed E-state index contributed by atoms with van der Waals surface area (Å²) in [6.07, 6.45) is 2.46. The summed E-state index contributed by atoms with van der Waals surface area (Å²) in [5, 5.41) is 0. The Morgan fingerprint density at radius 2 is 1.95 bits per heavy atom. The summed E-state index contributed by atoms with van der Waals surface area (Å²) in [6, 6.07) is 9.67. The van der Waals surface area contributed by atoms with E-state index in [1.54, 1.807) is 7.11 Å². The number of ether oxygens (including phenoxy) is 2. The van der Waals surface area contributed by atoms with Gasteiger partial charge in [0, 0.05) is 20.3 Å². The Labute approximate surface area is 121 Å². The smallest absolute Gasteiger partial charge is 0.317 e. The van der Waals surface area contributed by atoms with Gasteiger partial charge in [-0.15, -0.1) is 0 Å². The molecule has 0 aromatic heterocycles. The van der Waals surface area contributed by atoms with Gasteiger partial charge < -0.3 is 15.2 Å². The molecule has 112 valence electrons. The maximum Gasteiger partial charge on any atom is 0.317 e. The van der Waals surface area contributed by atoms with E-state index in [1.165, 1.54) is 0 Å². The SMILES string of the molecule is CCOC(=O)C(CN)(CCCCOC)c1ccccc1. The van der Waals surface area contributed by atoms with E-state index in [2.05, 4.69) is 0 Å². The van der Waals surface area contributed by atoms with Crippen molar-refractivity contribution < 1.29 is 14.3 Å². The molecule has 20 heavy (non-hydrogen) atoms. The van der Waals surface area contributed by atoms with Crippen molar-refractivity contribution in [3.63, 3.8) is 0 Å². The first-order valence-electron chi connectivity index (χ1n) is 7.13. The van der Waals surface area contributed by atoms with Crippen molar-refractivity contribution in [3.05, 3.63) is 35.9 Å². The van der Waals surface area contributed by atoms with Crippen LogP contribution in [0, 0.1) is 0 Å². The van der Waals surface area contributed by atoms with Crippen molar-refractivity contribution in [2.75, 3.05) is 26.9 Å². The molecule has 0 aliphatic heterocycles. The molecular weight excluding hydrogens is 254 g/mol. The fourth-order valence-electron chi connectivity index (χ4n) is 2.37. The Morgan fingerprint density at radius 3 is 2.50 bits per heavy atom. The van der Waals surface area contributed by atoms with Gasteiger partial charge in [-0.2, -0.15) is 0 Å². The molecular formula is C16H25NO3. The zero-order valence-corrected chi connectivity index (χ0v) is 12.4. The maximum absolute atomic E-state index is 12.4. The number of rotatable bonds is 9. The molecule has 0 bridgehead atoms. The number of carbonyl (C=O) groups is 1. The lowest BCUT2D eigenvalue weighted by atomic mass is 9.76. The normalized spacial score (nSPS) is 13.8. The molecule has 1 rings (SSSR count). The van der Waals surface area contributed by atoms with Gasteiger partial charge in [-0.25, -0.2) is 0 Å². The van der Waals surface area contributed by atoms with Crippen molar-refractivity contribution in [2.45, 2.75) is 31.6 Å². The predicted octanol–water partition coefficient (Wildman–Crippen LogP) is 2.26. The van der Waals surface area contributed by atoms with Crippen LogP contribution in [-0.2, 0) is 19.7 Å². The van der Waals surface area contributed by atoms with Crippen molar-refractivity contribution in [1.29, 1.82) is 0 Å². The maximum atomic E-state index is 12.4. The van der Waals surface area contributed by atoms with Crippen LogP contribution in [0.4, 0.5) is 0 Å². The Kier molecular flexibility index (Phi) is 7.26. The molecule has 1 aromatic rings. The number of esters is 1. The minimum absolute atomic E-state index is 0.230. The van der Waals surface area contributed by atoms with E-state index in [1.807, 2.05) is 37.3 Å². The molecule has 4 heteroatoms. The van der Waals surface area contributed by atoms with Crippen LogP contribution in [0.5, 0.6) is 0 Å². The second-order valence-corrected chi connectivity index (χ2v) is 4.82. The zero-order valence-electron chi connectivity index (χ0n) is 12.4. The molecule has 0 aliphatic carbocycles. The monoisotopic (exact) mass is 279 g/mol. The lowest BCUT2D eigenvalue weighted by Gasteiger charge is -2.30. The van der Waals surface area contributed by atoms with Gasteiger partial charge in [-0.1, -0.05) is 30.3 Å².